The molecule has 28 heavy (non-hydrogen) atoms. The second-order valence-electron chi connectivity index (χ2n) is 6.24. The molecule has 0 saturated heterocycles. The molecule has 0 unspecified atom stereocenters. The first-order valence-corrected chi connectivity index (χ1v) is 8.83. The average Bonchev–Trinajstić information content (AvgIpc) is 2.93. The Balaban J connectivity index is 0.00000109. The van der Waals surface area contributed by atoms with E-state index in [-0.39, 0.29) is 0 Å². The molecular formula is C21H20F3N3O. The van der Waals surface area contributed by atoms with Crippen LogP contribution in [0.2, 0.25) is 0 Å². The van der Waals surface area contributed by atoms with Crippen LogP contribution in [-0.2, 0) is 6.18 Å². The Kier molecular flexibility index (Phi) is 5.94. The predicted molar refractivity (Wildman–Crippen MR) is 103 cm³/mol. The number of H-pyrrole nitrogens is 1. The van der Waals surface area contributed by atoms with Gasteiger partial charge in [-0.25, -0.2) is 9.97 Å². The van der Waals surface area contributed by atoms with Gasteiger partial charge in [0.2, 0.25) is 0 Å². The quantitative estimate of drug-likeness (QED) is 0.581. The van der Waals surface area contributed by atoms with Crippen LogP contribution in [0.5, 0.6) is 0 Å². The largest absolute Gasteiger partial charge is 0.416 e. The maximum atomic E-state index is 12.9. The maximum Gasteiger partial charge on any atom is 0.416 e. The number of aromatic amines is 1. The lowest BCUT2D eigenvalue weighted by atomic mass is 10.0. The summed E-state index contributed by atoms with van der Waals surface area (Å²) in [6.45, 7) is 0. The van der Waals surface area contributed by atoms with Gasteiger partial charge in [0.15, 0.2) is 5.65 Å². The first kappa shape index (κ1) is 19.8. The fourth-order valence-corrected chi connectivity index (χ4v) is 3.04. The van der Waals surface area contributed by atoms with Crippen molar-refractivity contribution in [1.82, 2.24) is 15.0 Å². The van der Waals surface area contributed by atoms with Crippen LogP contribution in [-0.4, -0.2) is 27.2 Å². The van der Waals surface area contributed by atoms with Crippen LogP contribution in [0.3, 0.4) is 0 Å². The highest BCUT2D eigenvalue weighted by molar-refractivity contribution is 5.80. The molecule has 0 saturated carbocycles. The van der Waals surface area contributed by atoms with Gasteiger partial charge in [0, 0.05) is 18.9 Å². The number of alkyl halides is 3. The van der Waals surface area contributed by atoms with Gasteiger partial charge in [-0.05, 0) is 48.6 Å². The van der Waals surface area contributed by atoms with E-state index in [1.165, 1.54) is 6.07 Å². The normalized spacial score (nSPS) is 14.2. The molecule has 7 heteroatoms. The van der Waals surface area contributed by atoms with Crippen molar-refractivity contribution in [2.24, 2.45) is 0 Å². The predicted octanol–water partition coefficient (Wildman–Crippen LogP) is 5.38. The van der Waals surface area contributed by atoms with Crippen LogP contribution >= 0.6 is 0 Å². The van der Waals surface area contributed by atoms with Crippen LogP contribution in [0.25, 0.3) is 27.9 Å². The number of aliphatic hydroxyl groups is 1. The number of halogens is 3. The summed E-state index contributed by atoms with van der Waals surface area (Å²) >= 11 is 0. The summed E-state index contributed by atoms with van der Waals surface area (Å²) in [7, 11) is 1.00. The number of pyridine rings is 1. The van der Waals surface area contributed by atoms with Gasteiger partial charge >= 0.3 is 6.18 Å². The third kappa shape index (κ3) is 4.31. The summed E-state index contributed by atoms with van der Waals surface area (Å²) in [4.78, 5) is 12.1. The second kappa shape index (κ2) is 8.39. The van der Waals surface area contributed by atoms with Gasteiger partial charge in [0.05, 0.1) is 11.1 Å². The minimum Gasteiger partial charge on any atom is -0.400 e. The van der Waals surface area contributed by atoms with Crippen molar-refractivity contribution < 1.29 is 18.3 Å². The van der Waals surface area contributed by atoms with Crippen molar-refractivity contribution in [2.75, 3.05) is 7.11 Å². The Morgan fingerprint density at radius 3 is 2.64 bits per heavy atom. The molecule has 2 heterocycles. The zero-order valence-electron chi connectivity index (χ0n) is 15.3. The Bertz CT molecular complexity index is 1020. The number of nitrogens with one attached hydrogen (secondary N) is 1. The molecule has 0 amide bonds. The minimum absolute atomic E-state index is 0.474. The van der Waals surface area contributed by atoms with Gasteiger partial charge in [-0.2, -0.15) is 13.2 Å². The third-order valence-corrected chi connectivity index (χ3v) is 4.39. The van der Waals surface area contributed by atoms with E-state index in [1.807, 2.05) is 0 Å². The summed E-state index contributed by atoms with van der Waals surface area (Å²) in [5.41, 5.74) is 2.80. The zero-order chi connectivity index (χ0) is 20.1. The van der Waals surface area contributed by atoms with Crippen LogP contribution in [0.1, 0.15) is 30.7 Å². The molecule has 2 N–H and O–H groups in total. The van der Waals surface area contributed by atoms with Crippen molar-refractivity contribution in [3.8, 4) is 11.1 Å². The fourth-order valence-electron chi connectivity index (χ4n) is 3.04. The van der Waals surface area contributed by atoms with Crippen molar-refractivity contribution in [3.63, 3.8) is 0 Å². The molecule has 1 aliphatic carbocycles. The molecule has 0 radical (unpaired) electrons. The van der Waals surface area contributed by atoms with Crippen LogP contribution in [0.15, 0.2) is 54.8 Å². The van der Waals surface area contributed by atoms with E-state index in [2.05, 4.69) is 33.2 Å². The molecule has 0 fully saturated rings. The van der Waals surface area contributed by atoms with Crippen LogP contribution in [0, 0.1) is 0 Å². The van der Waals surface area contributed by atoms with E-state index < -0.39 is 11.7 Å². The van der Waals surface area contributed by atoms with E-state index in [4.69, 9.17) is 5.11 Å². The molecule has 4 nitrogen and oxygen atoms in total. The van der Waals surface area contributed by atoms with Gasteiger partial charge in [-0.15, -0.1) is 0 Å². The zero-order valence-corrected chi connectivity index (χ0v) is 15.3. The number of benzene rings is 1. The highest BCUT2D eigenvalue weighted by Crippen LogP contribution is 2.32. The van der Waals surface area contributed by atoms with E-state index in [1.54, 1.807) is 18.3 Å². The lowest BCUT2D eigenvalue weighted by Crippen LogP contribution is -2.04. The van der Waals surface area contributed by atoms with Crippen LogP contribution < -0.4 is 0 Å². The molecule has 1 aromatic carbocycles. The Morgan fingerprint density at radius 2 is 1.86 bits per heavy atom. The average molecular weight is 387 g/mol. The first-order valence-electron chi connectivity index (χ1n) is 8.83. The molecule has 1 aliphatic rings. The van der Waals surface area contributed by atoms with Gasteiger partial charge in [-0.3, -0.25) is 0 Å². The monoisotopic (exact) mass is 387 g/mol. The van der Waals surface area contributed by atoms with Crippen molar-refractivity contribution in [1.29, 1.82) is 0 Å². The fraction of sp³-hybridized carbons (Fsp3) is 0.238. The molecule has 2 aromatic heterocycles. The number of aromatic nitrogens is 3. The second-order valence-corrected chi connectivity index (χ2v) is 6.24. The number of allylic oxidation sites excluding steroid dienone is 4. The number of hydrogen-bond donors (Lipinski definition) is 2. The lowest BCUT2D eigenvalue weighted by molar-refractivity contribution is -0.137. The van der Waals surface area contributed by atoms with Gasteiger partial charge in [0.1, 0.15) is 5.82 Å². The number of imidazole rings is 1. The van der Waals surface area contributed by atoms with Crippen LogP contribution in [0.4, 0.5) is 13.2 Å². The van der Waals surface area contributed by atoms with Crippen molar-refractivity contribution >= 4 is 16.7 Å². The first-order chi connectivity index (χ1) is 13.5. The summed E-state index contributed by atoms with van der Waals surface area (Å²) in [6, 6.07) is 7.05. The van der Waals surface area contributed by atoms with E-state index in [0.29, 0.717) is 22.3 Å². The summed E-state index contributed by atoms with van der Waals surface area (Å²) in [5.74, 6) is 0.764. The standard InChI is InChI=1S/C20H16F3N3.CH4O/c21-20(22,23)16-9-5-8-14(10-16)15-11-17-19(24-12-15)26-18(25-17)13-6-3-1-2-4-7-13;1-2/h1,3,5,7-12H,2,4,6H2,(H,24,25,26);2H,1H3. The number of aliphatic hydroxyl groups excluding tert-OH is 1. The third-order valence-electron chi connectivity index (χ3n) is 4.39. The minimum atomic E-state index is -4.37. The lowest BCUT2D eigenvalue weighted by Gasteiger charge is -2.08. The Morgan fingerprint density at radius 1 is 1.04 bits per heavy atom. The topological polar surface area (TPSA) is 61.8 Å². The van der Waals surface area contributed by atoms with E-state index in [9.17, 15) is 13.2 Å². The maximum absolute atomic E-state index is 12.9. The SMILES string of the molecule is CO.FC(F)(F)c1cccc(-c2cnc3nc(C4=CCCC=CC4)[nH]c3c2)c1. The molecule has 0 spiro atoms. The Labute approximate surface area is 160 Å². The molecule has 3 aromatic rings. The molecule has 4 rings (SSSR count). The molecular weight excluding hydrogens is 367 g/mol. The van der Waals surface area contributed by atoms with Crippen molar-refractivity contribution in [2.45, 2.75) is 25.4 Å². The van der Waals surface area contributed by atoms with Gasteiger partial charge < -0.3 is 10.1 Å². The smallest absolute Gasteiger partial charge is 0.400 e. The number of rotatable bonds is 2. The number of fused-ring (bicyclic) bond motifs is 1. The highest BCUT2D eigenvalue weighted by Gasteiger charge is 2.30. The molecule has 0 atom stereocenters. The highest BCUT2D eigenvalue weighted by atomic mass is 19.4. The molecule has 0 bridgehead atoms. The number of nitrogens with zero attached hydrogens (tertiary/aromatic N) is 2. The summed E-state index contributed by atoms with van der Waals surface area (Å²) in [5, 5.41) is 7.00. The Hall–Kier alpha value is -2.93. The summed E-state index contributed by atoms with van der Waals surface area (Å²) < 4.78 is 38.8. The molecule has 0 aliphatic heterocycles. The van der Waals surface area contributed by atoms with Gasteiger partial charge in [-0.1, -0.05) is 30.4 Å². The molecule has 146 valence electrons. The van der Waals surface area contributed by atoms with E-state index >= 15 is 0 Å². The van der Waals surface area contributed by atoms with Gasteiger partial charge in [0.25, 0.3) is 0 Å². The van der Waals surface area contributed by atoms with Crippen molar-refractivity contribution in [3.05, 3.63) is 66.1 Å². The summed E-state index contributed by atoms with van der Waals surface area (Å²) in [6.07, 6.45) is 6.40. The number of hydrogen-bond acceptors (Lipinski definition) is 3. The van der Waals surface area contributed by atoms with E-state index in [0.717, 1.165) is 49.9 Å².